The summed E-state index contributed by atoms with van der Waals surface area (Å²) in [5, 5.41) is 5.18. The van der Waals surface area contributed by atoms with Crippen molar-refractivity contribution in [1.29, 1.82) is 0 Å². The molecule has 2 N–H and O–H groups in total. The molecule has 1 aliphatic rings. The number of benzene rings is 1. The molecule has 29 heavy (non-hydrogen) atoms. The molecular weight excluding hydrogens is 397 g/mol. The Morgan fingerprint density at radius 3 is 2.55 bits per heavy atom. The Labute approximate surface area is 169 Å². The number of aromatic nitrogens is 1. The van der Waals surface area contributed by atoms with E-state index in [2.05, 4.69) is 15.6 Å². The lowest BCUT2D eigenvalue weighted by Gasteiger charge is -2.33. The van der Waals surface area contributed by atoms with Crippen LogP contribution in [0.15, 0.2) is 36.5 Å². The van der Waals surface area contributed by atoms with Crippen LogP contribution in [0.5, 0.6) is 0 Å². The highest BCUT2D eigenvalue weighted by atomic mass is 32.2. The van der Waals surface area contributed by atoms with Crippen LogP contribution in [-0.4, -0.2) is 61.1 Å². The third kappa shape index (κ3) is 5.72. The number of hydrogen-bond acceptors (Lipinski definition) is 5. The lowest BCUT2D eigenvalue weighted by atomic mass is 10.1. The van der Waals surface area contributed by atoms with Gasteiger partial charge in [0.15, 0.2) is 5.82 Å². The number of carbonyl (C=O) groups is 1. The normalized spacial score (nSPS) is 15.8. The van der Waals surface area contributed by atoms with Gasteiger partial charge >= 0.3 is 6.03 Å². The second-order valence-electron chi connectivity index (χ2n) is 6.98. The number of carbonyl (C=O) groups excluding carboxylic acids is 1. The minimum atomic E-state index is -3.20. The van der Waals surface area contributed by atoms with E-state index in [-0.39, 0.29) is 5.69 Å². The van der Waals surface area contributed by atoms with Crippen molar-refractivity contribution in [2.75, 3.05) is 43.1 Å². The number of amides is 2. The van der Waals surface area contributed by atoms with Crippen LogP contribution in [0.4, 0.5) is 20.6 Å². The molecule has 0 spiro atoms. The van der Waals surface area contributed by atoms with Crippen LogP contribution in [0.3, 0.4) is 0 Å². The highest BCUT2D eigenvalue weighted by Gasteiger charge is 2.24. The monoisotopic (exact) mass is 421 g/mol. The molecule has 0 unspecified atom stereocenters. The fourth-order valence-corrected chi connectivity index (χ4v) is 3.99. The minimum absolute atomic E-state index is 0.0838. The van der Waals surface area contributed by atoms with Gasteiger partial charge in [-0.3, -0.25) is 9.88 Å². The first kappa shape index (κ1) is 21.2. The first-order valence-electron chi connectivity index (χ1n) is 9.18. The van der Waals surface area contributed by atoms with Crippen molar-refractivity contribution in [1.82, 2.24) is 14.2 Å². The number of urea groups is 1. The Hall–Kier alpha value is -2.56. The average molecular weight is 421 g/mol. The zero-order chi connectivity index (χ0) is 21.0. The van der Waals surface area contributed by atoms with E-state index in [0.717, 1.165) is 5.69 Å². The van der Waals surface area contributed by atoms with E-state index in [9.17, 15) is 17.6 Å². The number of pyridine rings is 1. The fourth-order valence-electron chi connectivity index (χ4n) is 3.17. The number of piperazine rings is 1. The maximum absolute atomic E-state index is 14.9. The summed E-state index contributed by atoms with van der Waals surface area (Å²) >= 11 is 0. The van der Waals surface area contributed by atoms with Gasteiger partial charge in [-0.15, -0.1) is 0 Å². The number of hydrogen-bond donors (Lipinski definition) is 2. The Morgan fingerprint density at radius 2 is 1.90 bits per heavy atom. The van der Waals surface area contributed by atoms with Gasteiger partial charge in [0.2, 0.25) is 10.0 Å². The molecular formula is C19H24FN5O3S. The van der Waals surface area contributed by atoms with E-state index in [1.165, 1.54) is 16.6 Å². The molecule has 2 aromatic rings. The molecule has 0 bridgehead atoms. The second kappa shape index (κ2) is 8.85. The molecule has 1 saturated heterocycles. The van der Waals surface area contributed by atoms with E-state index >= 15 is 0 Å². The van der Waals surface area contributed by atoms with Crippen LogP contribution in [0.1, 0.15) is 11.3 Å². The maximum Gasteiger partial charge on any atom is 0.323 e. The van der Waals surface area contributed by atoms with Crippen molar-refractivity contribution in [2.45, 2.75) is 13.5 Å². The summed E-state index contributed by atoms with van der Waals surface area (Å²) in [6.07, 6.45) is 2.77. The molecule has 1 fully saturated rings. The molecule has 2 heterocycles. The topological polar surface area (TPSA) is 94.6 Å². The number of nitrogens with one attached hydrogen (secondary N) is 2. The highest BCUT2D eigenvalue weighted by Crippen LogP contribution is 2.21. The summed E-state index contributed by atoms with van der Waals surface area (Å²) in [5.74, 6) is -0.501. The second-order valence-corrected chi connectivity index (χ2v) is 8.96. The quantitative estimate of drug-likeness (QED) is 0.772. The summed E-state index contributed by atoms with van der Waals surface area (Å²) in [4.78, 5) is 18.2. The Morgan fingerprint density at radius 1 is 1.17 bits per heavy atom. The van der Waals surface area contributed by atoms with Crippen molar-refractivity contribution in [3.8, 4) is 0 Å². The molecule has 1 aromatic carbocycles. The van der Waals surface area contributed by atoms with Crippen molar-refractivity contribution >= 4 is 27.4 Å². The molecule has 0 radical (unpaired) electrons. The lowest BCUT2D eigenvalue weighted by Crippen LogP contribution is -2.47. The molecule has 10 heteroatoms. The molecule has 1 aliphatic heterocycles. The third-order valence-electron chi connectivity index (χ3n) is 4.68. The molecule has 3 rings (SSSR count). The number of anilines is 2. The van der Waals surface area contributed by atoms with Crippen LogP contribution in [0.2, 0.25) is 0 Å². The van der Waals surface area contributed by atoms with Gasteiger partial charge in [-0.05, 0) is 25.1 Å². The van der Waals surface area contributed by atoms with Crippen LogP contribution >= 0.6 is 0 Å². The third-order valence-corrected chi connectivity index (χ3v) is 5.98. The van der Waals surface area contributed by atoms with Crippen LogP contribution in [0, 0.1) is 12.7 Å². The van der Waals surface area contributed by atoms with Gasteiger partial charge in [0, 0.05) is 55.9 Å². The largest absolute Gasteiger partial charge is 0.323 e. The van der Waals surface area contributed by atoms with Crippen molar-refractivity contribution < 1.29 is 17.6 Å². The minimum Gasteiger partial charge on any atom is -0.308 e. The maximum atomic E-state index is 14.9. The predicted octanol–water partition coefficient (Wildman–Crippen LogP) is 2.25. The zero-order valence-corrected chi connectivity index (χ0v) is 17.2. The summed E-state index contributed by atoms with van der Waals surface area (Å²) in [6, 6.07) is 7.65. The standard InChI is InChI=1S/C19H24FN5O3S/c1-14-12-16(6-7-21-14)22-19(26)23-17-5-3-4-15(18(17)20)13-24-8-10-25(11-9-24)29(2,27)28/h3-7,12H,8-11,13H2,1-2H3,(H2,21,22,23,26). The molecule has 0 atom stereocenters. The Bertz CT molecular complexity index is 991. The molecule has 8 nitrogen and oxygen atoms in total. The molecule has 1 aromatic heterocycles. The van der Waals surface area contributed by atoms with E-state index < -0.39 is 21.9 Å². The fraction of sp³-hybridized carbons (Fsp3) is 0.368. The number of rotatable bonds is 5. The van der Waals surface area contributed by atoms with Gasteiger partial charge in [-0.25, -0.2) is 17.6 Å². The van der Waals surface area contributed by atoms with Crippen LogP contribution in [0.25, 0.3) is 0 Å². The van der Waals surface area contributed by atoms with Crippen molar-refractivity contribution in [3.05, 3.63) is 53.6 Å². The van der Waals surface area contributed by atoms with Gasteiger partial charge in [-0.2, -0.15) is 4.31 Å². The Kier molecular flexibility index (Phi) is 6.46. The van der Waals surface area contributed by atoms with Crippen LogP contribution < -0.4 is 10.6 Å². The van der Waals surface area contributed by atoms with E-state index in [1.807, 2.05) is 11.8 Å². The average Bonchev–Trinajstić information content (AvgIpc) is 2.65. The van der Waals surface area contributed by atoms with Crippen molar-refractivity contribution in [2.24, 2.45) is 0 Å². The van der Waals surface area contributed by atoms with E-state index in [1.54, 1.807) is 30.5 Å². The van der Waals surface area contributed by atoms with Crippen LogP contribution in [-0.2, 0) is 16.6 Å². The first-order valence-corrected chi connectivity index (χ1v) is 11.0. The SMILES string of the molecule is Cc1cc(NC(=O)Nc2cccc(CN3CCN(S(C)(=O)=O)CC3)c2F)ccn1. The van der Waals surface area contributed by atoms with Gasteiger partial charge in [-0.1, -0.05) is 12.1 Å². The summed E-state index contributed by atoms with van der Waals surface area (Å²) < 4.78 is 39.5. The smallest absolute Gasteiger partial charge is 0.308 e. The molecule has 0 saturated carbocycles. The zero-order valence-electron chi connectivity index (χ0n) is 16.4. The predicted molar refractivity (Wildman–Crippen MR) is 110 cm³/mol. The lowest BCUT2D eigenvalue weighted by molar-refractivity contribution is 0.180. The highest BCUT2D eigenvalue weighted by molar-refractivity contribution is 7.88. The molecule has 0 aliphatic carbocycles. The number of nitrogens with zero attached hydrogens (tertiary/aromatic N) is 3. The van der Waals surface area contributed by atoms with Crippen molar-refractivity contribution in [3.63, 3.8) is 0 Å². The van der Waals surface area contributed by atoms with E-state index in [4.69, 9.17) is 0 Å². The molecule has 156 valence electrons. The first-order chi connectivity index (χ1) is 13.7. The number of sulfonamides is 1. The summed E-state index contributed by atoms with van der Waals surface area (Å²) in [7, 11) is -3.20. The number of halogens is 1. The van der Waals surface area contributed by atoms with Gasteiger partial charge in [0.1, 0.15) is 0 Å². The summed E-state index contributed by atoms with van der Waals surface area (Å²) in [6.45, 7) is 3.95. The van der Waals surface area contributed by atoms with E-state index in [0.29, 0.717) is 44.0 Å². The van der Waals surface area contributed by atoms with Gasteiger partial charge in [0.25, 0.3) is 0 Å². The number of aryl methyl sites for hydroxylation is 1. The Balaban J connectivity index is 1.61. The summed E-state index contributed by atoms with van der Waals surface area (Å²) in [5.41, 5.74) is 1.85. The van der Waals surface area contributed by atoms with Gasteiger partial charge in [0.05, 0.1) is 11.9 Å². The van der Waals surface area contributed by atoms with Gasteiger partial charge < -0.3 is 10.6 Å². The molecule has 2 amide bonds.